The second-order valence-corrected chi connectivity index (χ2v) is 6.04. The highest BCUT2D eigenvalue weighted by Gasteiger charge is 2.22. The average Bonchev–Trinajstić information content (AvgIpc) is 2.69. The first-order valence-corrected chi connectivity index (χ1v) is 8.34. The van der Waals surface area contributed by atoms with Crippen molar-refractivity contribution >= 4 is 23.0 Å². The molecule has 1 aliphatic rings. The second-order valence-electron chi connectivity index (χ2n) is 6.04. The van der Waals surface area contributed by atoms with Gasteiger partial charge in [-0.1, -0.05) is 18.2 Å². The summed E-state index contributed by atoms with van der Waals surface area (Å²) in [6.45, 7) is 0.883. The van der Waals surface area contributed by atoms with Crippen molar-refractivity contribution in [3.05, 3.63) is 64.2 Å². The number of phenolic OH excluding ortho intramolecular Hbond substituents is 1. The van der Waals surface area contributed by atoms with Crippen molar-refractivity contribution in [1.82, 2.24) is 4.90 Å². The fourth-order valence-corrected chi connectivity index (χ4v) is 2.88. The molecule has 2 aromatic carbocycles. The van der Waals surface area contributed by atoms with Crippen molar-refractivity contribution < 1.29 is 19.6 Å². The number of ether oxygens (including phenoxy) is 1. The van der Waals surface area contributed by atoms with E-state index in [4.69, 9.17) is 4.74 Å². The number of carbonyl (C=O) groups excluding carboxylic acids is 1. The largest absolute Gasteiger partial charge is 0.508 e. The zero-order valence-electron chi connectivity index (χ0n) is 14.7. The molecule has 0 unspecified atom stereocenters. The summed E-state index contributed by atoms with van der Waals surface area (Å²) in [5.41, 5.74) is 1.99. The van der Waals surface area contributed by atoms with Crippen LogP contribution in [0.1, 0.15) is 12.0 Å². The molecule has 0 aromatic heterocycles. The minimum atomic E-state index is -0.558. The molecule has 0 radical (unpaired) electrons. The molecule has 0 bridgehead atoms. The Bertz CT molecular complexity index is 893. The lowest BCUT2D eigenvalue weighted by Crippen LogP contribution is -2.38. The lowest BCUT2D eigenvalue weighted by Gasteiger charge is -2.26. The van der Waals surface area contributed by atoms with Crippen molar-refractivity contribution in [3.8, 4) is 11.5 Å². The summed E-state index contributed by atoms with van der Waals surface area (Å²) < 4.78 is 4.99. The van der Waals surface area contributed by atoms with Gasteiger partial charge in [0.1, 0.15) is 17.2 Å². The first-order valence-electron chi connectivity index (χ1n) is 8.34. The molecule has 0 fully saturated rings. The van der Waals surface area contributed by atoms with Gasteiger partial charge in [-0.05, 0) is 41.8 Å². The number of nitro benzene ring substituents is 1. The lowest BCUT2D eigenvalue weighted by atomic mass is 9.99. The van der Waals surface area contributed by atoms with Gasteiger partial charge in [0, 0.05) is 13.1 Å². The van der Waals surface area contributed by atoms with Gasteiger partial charge in [-0.25, -0.2) is 4.79 Å². The Hall–Kier alpha value is -3.55. The van der Waals surface area contributed by atoms with Crippen molar-refractivity contribution in [2.45, 2.75) is 6.42 Å². The van der Waals surface area contributed by atoms with Gasteiger partial charge in [0.05, 0.1) is 18.1 Å². The molecule has 0 saturated carbocycles. The molecular formula is C19H19N3O5. The van der Waals surface area contributed by atoms with E-state index in [0.29, 0.717) is 25.3 Å². The Morgan fingerprint density at radius 2 is 2.00 bits per heavy atom. The van der Waals surface area contributed by atoms with Gasteiger partial charge in [-0.3, -0.25) is 10.1 Å². The summed E-state index contributed by atoms with van der Waals surface area (Å²) in [5, 5.41) is 23.2. The molecule has 0 atom stereocenters. The Balaban J connectivity index is 1.69. The SMILES string of the molecule is COc1ccc(NC(=O)N2CC=C(c3ccc(O)cc3)CC2)c([N+](=O)[O-])c1. The quantitative estimate of drug-likeness (QED) is 0.632. The van der Waals surface area contributed by atoms with Crippen molar-refractivity contribution in [1.29, 1.82) is 0 Å². The molecule has 8 nitrogen and oxygen atoms in total. The third kappa shape index (κ3) is 4.17. The molecule has 1 aliphatic heterocycles. The molecule has 27 heavy (non-hydrogen) atoms. The molecule has 8 heteroatoms. The number of nitrogens with one attached hydrogen (secondary N) is 1. The molecule has 2 amide bonds. The van der Waals surface area contributed by atoms with Crippen LogP contribution in [0.4, 0.5) is 16.2 Å². The summed E-state index contributed by atoms with van der Waals surface area (Å²) in [4.78, 5) is 24.7. The predicted molar refractivity (Wildman–Crippen MR) is 101 cm³/mol. The Kier molecular flexibility index (Phi) is 5.25. The summed E-state index contributed by atoms with van der Waals surface area (Å²) in [5.74, 6) is 0.552. The van der Waals surface area contributed by atoms with E-state index in [1.165, 1.54) is 19.2 Å². The number of rotatable bonds is 4. The number of urea groups is 1. The topological polar surface area (TPSA) is 105 Å². The number of phenols is 1. The van der Waals surface area contributed by atoms with Crippen LogP contribution in [0.2, 0.25) is 0 Å². The predicted octanol–water partition coefficient (Wildman–Crippen LogP) is 3.63. The average molecular weight is 369 g/mol. The van der Waals surface area contributed by atoms with E-state index in [1.807, 2.05) is 18.2 Å². The number of aromatic hydroxyl groups is 1. The molecule has 2 aromatic rings. The van der Waals surface area contributed by atoms with E-state index >= 15 is 0 Å². The van der Waals surface area contributed by atoms with Crippen LogP contribution in [-0.2, 0) is 0 Å². The van der Waals surface area contributed by atoms with Gasteiger partial charge < -0.3 is 20.1 Å². The third-order valence-corrected chi connectivity index (χ3v) is 4.38. The maximum atomic E-state index is 12.5. The fourth-order valence-electron chi connectivity index (χ4n) is 2.88. The zero-order chi connectivity index (χ0) is 19.4. The van der Waals surface area contributed by atoms with Crippen molar-refractivity contribution in [3.63, 3.8) is 0 Å². The van der Waals surface area contributed by atoms with Gasteiger partial charge in [0.15, 0.2) is 0 Å². The molecule has 3 rings (SSSR count). The summed E-state index contributed by atoms with van der Waals surface area (Å²) in [7, 11) is 1.42. The zero-order valence-corrected chi connectivity index (χ0v) is 14.7. The Morgan fingerprint density at radius 1 is 1.26 bits per heavy atom. The van der Waals surface area contributed by atoms with Crippen LogP contribution in [-0.4, -0.2) is 41.2 Å². The Morgan fingerprint density at radius 3 is 2.59 bits per heavy atom. The number of amides is 2. The molecule has 0 spiro atoms. The highest BCUT2D eigenvalue weighted by Crippen LogP contribution is 2.30. The number of methoxy groups -OCH3 is 1. The standard InChI is InChI=1S/C19H19N3O5/c1-27-16-6-7-17(18(12-16)22(25)26)20-19(24)21-10-8-14(9-11-21)13-2-4-15(23)5-3-13/h2-8,12,23H,9-11H2,1H3,(H,20,24). The second kappa shape index (κ2) is 7.77. The molecule has 2 N–H and O–H groups in total. The van der Waals surface area contributed by atoms with Crippen molar-refractivity contribution in [2.24, 2.45) is 0 Å². The number of anilines is 1. The molecule has 140 valence electrons. The highest BCUT2D eigenvalue weighted by molar-refractivity contribution is 5.92. The van der Waals surface area contributed by atoms with Crippen LogP contribution in [0.25, 0.3) is 5.57 Å². The lowest BCUT2D eigenvalue weighted by molar-refractivity contribution is -0.384. The van der Waals surface area contributed by atoms with Crippen LogP contribution < -0.4 is 10.1 Å². The van der Waals surface area contributed by atoms with E-state index < -0.39 is 11.0 Å². The molecular weight excluding hydrogens is 350 g/mol. The fraction of sp³-hybridized carbons (Fsp3) is 0.211. The first-order chi connectivity index (χ1) is 13.0. The Labute approximate surface area is 155 Å². The van der Waals surface area contributed by atoms with Gasteiger partial charge in [-0.15, -0.1) is 0 Å². The van der Waals surface area contributed by atoms with Gasteiger partial charge in [0.2, 0.25) is 0 Å². The molecule has 1 heterocycles. The number of hydrogen-bond acceptors (Lipinski definition) is 5. The smallest absolute Gasteiger partial charge is 0.322 e. The summed E-state index contributed by atoms with van der Waals surface area (Å²) in [6, 6.07) is 10.8. The maximum absolute atomic E-state index is 12.5. The van der Waals surface area contributed by atoms with Gasteiger partial charge >= 0.3 is 6.03 Å². The normalized spacial score (nSPS) is 13.7. The van der Waals surface area contributed by atoms with Crippen LogP contribution in [0.15, 0.2) is 48.5 Å². The van der Waals surface area contributed by atoms with E-state index in [1.54, 1.807) is 23.1 Å². The molecule has 0 aliphatic carbocycles. The van der Waals surface area contributed by atoms with Crippen LogP contribution >= 0.6 is 0 Å². The number of hydrogen-bond donors (Lipinski definition) is 2. The van der Waals surface area contributed by atoms with Gasteiger partial charge in [0.25, 0.3) is 5.69 Å². The number of nitrogens with zero attached hydrogens (tertiary/aromatic N) is 2. The van der Waals surface area contributed by atoms with E-state index in [-0.39, 0.29) is 17.1 Å². The number of benzene rings is 2. The number of nitro groups is 1. The monoisotopic (exact) mass is 369 g/mol. The van der Waals surface area contributed by atoms with E-state index in [2.05, 4.69) is 5.32 Å². The van der Waals surface area contributed by atoms with Gasteiger partial charge in [-0.2, -0.15) is 0 Å². The highest BCUT2D eigenvalue weighted by atomic mass is 16.6. The molecule has 0 saturated heterocycles. The van der Waals surface area contributed by atoms with E-state index in [9.17, 15) is 20.0 Å². The minimum Gasteiger partial charge on any atom is -0.508 e. The van der Waals surface area contributed by atoms with Crippen LogP contribution in [0.3, 0.4) is 0 Å². The number of carbonyl (C=O) groups is 1. The van der Waals surface area contributed by atoms with Crippen LogP contribution in [0, 0.1) is 10.1 Å². The maximum Gasteiger partial charge on any atom is 0.322 e. The minimum absolute atomic E-state index is 0.124. The van der Waals surface area contributed by atoms with Crippen LogP contribution in [0.5, 0.6) is 11.5 Å². The van der Waals surface area contributed by atoms with E-state index in [0.717, 1.165) is 11.1 Å². The summed E-state index contributed by atoms with van der Waals surface area (Å²) >= 11 is 0. The van der Waals surface area contributed by atoms with Crippen molar-refractivity contribution in [2.75, 3.05) is 25.5 Å². The third-order valence-electron chi connectivity index (χ3n) is 4.38. The first kappa shape index (κ1) is 18.2. The summed E-state index contributed by atoms with van der Waals surface area (Å²) in [6.07, 6.45) is 2.60.